The Balaban J connectivity index is 2.32. The Morgan fingerprint density at radius 1 is 1.67 bits per heavy atom. The Kier molecular flexibility index (Phi) is 2.38. The van der Waals surface area contributed by atoms with Gasteiger partial charge in [0, 0.05) is 22.3 Å². The highest BCUT2D eigenvalue weighted by atomic mass is 79.9. The molecule has 5 nitrogen and oxygen atoms in total. The second-order valence-corrected chi connectivity index (χ2v) is 4.88. The van der Waals surface area contributed by atoms with E-state index < -0.39 is 4.92 Å². The highest BCUT2D eigenvalue weighted by molar-refractivity contribution is 9.10. The summed E-state index contributed by atoms with van der Waals surface area (Å²) in [5.74, 6) is 0.350. The number of halogens is 1. The van der Waals surface area contributed by atoms with Crippen LogP contribution in [0.1, 0.15) is 19.8 Å². The van der Waals surface area contributed by atoms with Crippen molar-refractivity contribution in [1.82, 2.24) is 4.98 Å². The Morgan fingerprint density at radius 3 is 2.87 bits per heavy atom. The van der Waals surface area contributed by atoms with Gasteiger partial charge in [0.05, 0.1) is 4.92 Å². The molecular weight excluding hydrogens is 262 g/mol. The first-order valence-electron chi connectivity index (χ1n) is 4.58. The fourth-order valence-corrected chi connectivity index (χ4v) is 1.58. The Morgan fingerprint density at radius 2 is 2.33 bits per heavy atom. The molecule has 1 aliphatic carbocycles. The summed E-state index contributed by atoms with van der Waals surface area (Å²) in [7, 11) is 0. The number of anilines is 1. The topological polar surface area (TPSA) is 68.1 Å². The predicted octanol–water partition coefficient (Wildman–Crippen LogP) is 2.72. The minimum absolute atomic E-state index is 0.00834. The van der Waals surface area contributed by atoms with Gasteiger partial charge >= 0.3 is 5.69 Å². The third kappa shape index (κ3) is 2.26. The third-order valence-electron chi connectivity index (χ3n) is 2.45. The molecule has 0 aliphatic heterocycles. The third-order valence-corrected chi connectivity index (χ3v) is 2.88. The second kappa shape index (κ2) is 3.44. The Hall–Kier alpha value is -1.17. The van der Waals surface area contributed by atoms with Crippen LogP contribution in [0.5, 0.6) is 0 Å². The van der Waals surface area contributed by atoms with Crippen molar-refractivity contribution in [2.24, 2.45) is 0 Å². The van der Waals surface area contributed by atoms with E-state index in [0.717, 1.165) is 12.8 Å². The number of pyridine rings is 1. The highest BCUT2D eigenvalue weighted by Gasteiger charge is 2.39. The maximum absolute atomic E-state index is 10.8. The molecule has 80 valence electrons. The summed E-state index contributed by atoms with van der Waals surface area (Å²) in [5, 5.41) is 13.9. The molecule has 0 unspecified atom stereocenters. The van der Waals surface area contributed by atoms with Gasteiger partial charge in [-0.15, -0.1) is 0 Å². The van der Waals surface area contributed by atoms with Gasteiger partial charge in [-0.3, -0.25) is 10.1 Å². The molecule has 0 atom stereocenters. The molecule has 6 heteroatoms. The van der Waals surface area contributed by atoms with Gasteiger partial charge in [-0.25, -0.2) is 4.98 Å². The van der Waals surface area contributed by atoms with Gasteiger partial charge in [0.25, 0.3) is 0 Å². The van der Waals surface area contributed by atoms with Gasteiger partial charge in [0.15, 0.2) is 0 Å². The molecule has 0 aromatic carbocycles. The average molecular weight is 272 g/mol. The van der Waals surface area contributed by atoms with Crippen LogP contribution in [0, 0.1) is 10.1 Å². The van der Waals surface area contributed by atoms with E-state index in [1.54, 1.807) is 6.20 Å². The number of nitrogens with zero attached hydrogens (tertiary/aromatic N) is 2. The summed E-state index contributed by atoms with van der Waals surface area (Å²) in [6.45, 7) is 2.03. The Bertz CT molecular complexity index is 418. The first kappa shape index (κ1) is 10.4. The van der Waals surface area contributed by atoms with Crippen LogP contribution in [0.25, 0.3) is 0 Å². The largest absolute Gasteiger partial charge is 0.359 e. The number of nitrogens with one attached hydrogen (secondary N) is 1. The van der Waals surface area contributed by atoms with Crippen LogP contribution in [0.4, 0.5) is 11.5 Å². The molecule has 1 N–H and O–H groups in total. The molecule has 1 saturated carbocycles. The van der Waals surface area contributed by atoms with Crippen molar-refractivity contribution >= 4 is 27.4 Å². The smallest absolute Gasteiger partial charge is 0.312 e. The SMILES string of the molecule is CC1(Nc2ncc(Br)cc2[N+](=O)[O-])CC1. The van der Waals surface area contributed by atoms with E-state index in [1.165, 1.54) is 6.07 Å². The van der Waals surface area contributed by atoms with Crippen LogP contribution in [0.3, 0.4) is 0 Å². The van der Waals surface area contributed by atoms with E-state index in [4.69, 9.17) is 0 Å². The second-order valence-electron chi connectivity index (χ2n) is 3.96. The molecule has 1 fully saturated rings. The van der Waals surface area contributed by atoms with Crippen molar-refractivity contribution in [3.63, 3.8) is 0 Å². The van der Waals surface area contributed by atoms with Crippen LogP contribution in [0.15, 0.2) is 16.7 Å². The molecule has 0 amide bonds. The quantitative estimate of drug-likeness (QED) is 0.678. The van der Waals surface area contributed by atoms with Gasteiger partial charge in [-0.1, -0.05) is 0 Å². The molecule has 2 rings (SSSR count). The molecule has 0 spiro atoms. The first-order chi connectivity index (χ1) is 7.00. The zero-order valence-electron chi connectivity index (χ0n) is 8.16. The number of hydrogen-bond acceptors (Lipinski definition) is 4. The molecule has 15 heavy (non-hydrogen) atoms. The average Bonchev–Trinajstić information content (AvgIpc) is 2.87. The van der Waals surface area contributed by atoms with Gasteiger partial charge in [-0.05, 0) is 35.7 Å². The van der Waals surface area contributed by atoms with Crippen molar-refractivity contribution < 1.29 is 4.92 Å². The number of hydrogen-bond donors (Lipinski definition) is 1. The van der Waals surface area contributed by atoms with Crippen LogP contribution in [-0.2, 0) is 0 Å². The van der Waals surface area contributed by atoms with E-state index in [-0.39, 0.29) is 11.2 Å². The van der Waals surface area contributed by atoms with Gasteiger partial charge in [0.1, 0.15) is 0 Å². The van der Waals surface area contributed by atoms with Gasteiger partial charge < -0.3 is 5.32 Å². The summed E-state index contributed by atoms with van der Waals surface area (Å²) in [6, 6.07) is 1.46. The predicted molar refractivity (Wildman–Crippen MR) is 59.9 cm³/mol. The molecule has 0 saturated heterocycles. The summed E-state index contributed by atoms with van der Waals surface area (Å²) < 4.78 is 0.612. The fourth-order valence-electron chi connectivity index (χ4n) is 1.26. The summed E-state index contributed by atoms with van der Waals surface area (Å²) in [6.07, 6.45) is 3.62. The lowest BCUT2D eigenvalue weighted by Gasteiger charge is -2.11. The molecule has 1 heterocycles. The molecule has 1 aliphatic rings. The van der Waals surface area contributed by atoms with E-state index in [1.807, 2.05) is 6.92 Å². The minimum Gasteiger partial charge on any atom is -0.359 e. The molecular formula is C9H10BrN3O2. The lowest BCUT2D eigenvalue weighted by atomic mass is 10.3. The standard InChI is InChI=1S/C9H10BrN3O2/c1-9(2-3-9)12-8-7(13(14)15)4-6(10)5-11-8/h4-5H,2-3H2,1H3,(H,11,12). The highest BCUT2D eigenvalue weighted by Crippen LogP contribution is 2.39. The van der Waals surface area contributed by atoms with Crippen LogP contribution in [0.2, 0.25) is 0 Å². The summed E-state index contributed by atoms with van der Waals surface area (Å²) >= 11 is 3.17. The molecule has 0 bridgehead atoms. The number of nitro groups is 1. The molecule has 0 radical (unpaired) electrons. The van der Waals surface area contributed by atoms with Crippen molar-refractivity contribution in [2.45, 2.75) is 25.3 Å². The normalized spacial score (nSPS) is 17.2. The lowest BCUT2D eigenvalue weighted by molar-refractivity contribution is -0.384. The van der Waals surface area contributed by atoms with Crippen LogP contribution >= 0.6 is 15.9 Å². The summed E-state index contributed by atoms with van der Waals surface area (Å²) in [5.41, 5.74) is 0.00323. The van der Waals surface area contributed by atoms with Crippen LogP contribution < -0.4 is 5.32 Å². The summed E-state index contributed by atoms with van der Waals surface area (Å²) in [4.78, 5) is 14.4. The van der Waals surface area contributed by atoms with E-state index in [0.29, 0.717) is 10.3 Å². The van der Waals surface area contributed by atoms with E-state index >= 15 is 0 Å². The maximum Gasteiger partial charge on any atom is 0.312 e. The Labute approximate surface area is 95.2 Å². The lowest BCUT2D eigenvalue weighted by Crippen LogP contribution is -2.17. The zero-order valence-corrected chi connectivity index (χ0v) is 9.74. The van der Waals surface area contributed by atoms with Gasteiger partial charge in [0.2, 0.25) is 5.82 Å². The van der Waals surface area contributed by atoms with Crippen molar-refractivity contribution in [3.8, 4) is 0 Å². The van der Waals surface area contributed by atoms with Crippen LogP contribution in [-0.4, -0.2) is 15.4 Å². The first-order valence-corrected chi connectivity index (χ1v) is 5.38. The number of aromatic nitrogens is 1. The van der Waals surface area contributed by atoms with Crippen molar-refractivity contribution in [1.29, 1.82) is 0 Å². The van der Waals surface area contributed by atoms with E-state index in [9.17, 15) is 10.1 Å². The van der Waals surface area contributed by atoms with E-state index in [2.05, 4.69) is 26.2 Å². The van der Waals surface area contributed by atoms with Crippen molar-refractivity contribution in [3.05, 3.63) is 26.9 Å². The minimum atomic E-state index is -0.425. The fraction of sp³-hybridized carbons (Fsp3) is 0.444. The monoisotopic (exact) mass is 271 g/mol. The zero-order chi connectivity index (χ0) is 11.1. The molecule has 1 aromatic rings. The maximum atomic E-state index is 10.8. The number of rotatable bonds is 3. The molecule has 1 aromatic heterocycles. The van der Waals surface area contributed by atoms with Crippen molar-refractivity contribution in [2.75, 3.05) is 5.32 Å². The van der Waals surface area contributed by atoms with Gasteiger partial charge in [-0.2, -0.15) is 0 Å².